The molecule has 0 spiro atoms. The maximum atomic E-state index is 12.1. The van der Waals surface area contributed by atoms with Crippen LogP contribution in [0.5, 0.6) is 0 Å². The van der Waals surface area contributed by atoms with E-state index in [0.29, 0.717) is 22.8 Å². The van der Waals surface area contributed by atoms with Crippen molar-refractivity contribution in [2.24, 2.45) is 18.9 Å². The van der Waals surface area contributed by atoms with E-state index < -0.39 is 18.0 Å². The fraction of sp³-hybridized carbons (Fsp3) is 0.474. The van der Waals surface area contributed by atoms with Gasteiger partial charge in [0.15, 0.2) is 0 Å². The van der Waals surface area contributed by atoms with E-state index >= 15 is 0 Å². The standard InChI is InChI=1S/C19H24N2O4/c1-11-6-12(2)9-21(8-11)17(19(24)25)15-10-20(3)16-5-4-13(18(22)23)7-14(15)16/h4-5,7,10-12,17H,6,8-9H2,1-3H3,(H,22,23)(H,24,25)/t11-,12+,17-/m1/s1. The first-order valence-electron chi connectivity index (χ1n) is 8.57. The number of carboxylic acids is 2. The molecule has 1 fully saturated rings. The Bertz CT molecular complexity index is 816. The minimum Gasteiger partial charge on any atom is -0.480 e. The van der Waals surface area contributed by atoms with Gasteiger partial charge in [0.2, 0.25) is 0 Å². The number of nitrogens with zero attached hydrogens (tertiary/aromatic N) is 2. The molecule has 1 aliphatic rings. The predicted molar refractivity (Wildman–Crippen MR) is 94.8 cm³/mol. The lowest BCUT2D eigenvalue weighted by Crippen LogP contribution is -2.43. The molecule has 2 N–H and O–H groups in total. The second-order valence-electron chi connectivity index (χ2n) is 7.37. The zero-order valence-corrected chi connectivity index (χ0v) is 14.8. The number of aryl methyl sites for hydroxylation is 1. The minimum atomic E-state index is -1.01. The summed E-state index contributed by atoms with van der Waals surface area (Å²) < 4.78 is 1.86. The molecular weight excluding hydrogens is 320 g/mol. The van der Waals surface area contributed by atoms with Crippen LogP contribution in [0.4, 0.5) is 0 Å². The number of benzene rings is 1. The normalized spacial score (nSPS) is 22.8. The number of aromatic nitrogens is 1. The van der Waals surface area contributed by atoms with Crippen molar-refractivity contribution in [3.8, 4) is 0 Å². The van der Waals surface area contributed by atoms with Crippen molar-refractivity contribution in [3.05, 3.63) is 35.5 Å². The van der Waals surface area contributed by atoms with Gasteiger partial charge in [-0.15, -0.1) is 0 Å². The van der Waals surface area contributed by atoms with Crippen LogP contribution in [0.2, 0.25) is 0 Å². The summed E-state index contributed by atoms with van der Waals surface area (Å²) in [4.78, 5) is 25.5. The molecule has 2 heterocycles. The number of aliphatic carboxylic acids is 1. The minimum absolute atomic E-state index is 0.171. The van der Waals surface area contributed by atoms with Gasteiger partial charge < -0.3 is 14.8 Å². The lowest BCUT2D eigenvalue weighted by atomic mass is 9.89. The fourth-order valence-electron chi connectivity index (χ4n) is 4.18. The Morgan fingerprint density at radius 3 is 2.36 bits per heavy atom. The summed E-state index contributed by atoms with van der Waals surface area (Å²) in [6.07, 6.45) is 2.92. The Balaban J connectivity index is 2.11. The summed E-state index contributed by atoms with van der Waals surface area (Å²) in [5.74, 6) is -1.02. The van der Waals surface area contributed by atoms with Gasteiger partial charge in [-0.05, 0) is 36.5 Å². The Kier molecular flexibility index (Phi) is 4.56. The molecular formula is C19H24N2O4. The number of piperidine rings is 1. The first-order valence-corrected chi connectivity index (χ1v) is 8.57. The molecule has 0 unspecified atom stereocenters. The zero-order chi connectivity index (χ0) is 18.3. The molecule has 6 heteroatoms. The van der Waals surface area contributed by atoms with Crippen molar-refractivity contribution in [3.63, 3.8) is 0 Å². The predicted octanol–water partition coefficient (Wildman–Crippen LogP) is 2.98. The number of likely N-dealkylation sites (tertiary alicyclic amines) is 1. The summed E-state index contributed by atoms with van der Waals surface area (Å²) in [5, 5.41) is 19.9. The van der Waals surface area contributed by atoms with Crippen molar-refractivity contribution in [1.29, 1.82) is 0 Å². The fourth-order valence-corrected chi connectivity index (χ4v) is 4.18. The Hall–Kier alpha value is -2.34. The maximum Gasteiger partial charge on any atom is 0.335 e. The van der Waals surface area contributed by atoms with Crippen LogP contribution in [-0.2, 0) is 11.8 Å². The highest BCUT2D eigenvalue weighted by Gasteiger charge is 2.34. The van der Waals surface area contributed by atoms with E-state index in [1.165, 1.54) is 0 Å². The van der Waals surface area contributed by atoms with Crippen LogP contribution in [0.15, 0.2) is 24.4 Å². The van der Waals surface area contributed by atoms with Crippen LogP contribution >= 0.6 is 0 Å². The van der Waals surface area contributed by atoms with E-state index in [4.69, 9.17) is 0 Å². The zero-order valence-electron chi connectivity index (χ0n) is 14.8. The van der Waals surface area contributed by atoms with Gasteiger partial charge in [-0.1, -0.05) is 13.8 Å². The van der Waals surface area contributed by atoms with Crippen molar-refractivity contribution in [1.82, 2.24) is 9.47 Å². The average molecular weight is 344 g/mol. The molecule has 0 saturated carbocycles. The van der Waals surface area contributed by atoms with Gasteiger partial charge in [-0.3, -0.25) is 9.69 Å². The third-order valence-electron chi connectivity index (χ3n) is 5.06. The molecule has 134 valence electrons. The average Bonchev–Trinajstić information content (AvgIpc) is 2.82. The van der Waals surface area contributed by atoms with E-state index in [1.54, 1.807) is 18.2 Å². The molecule has 1 aliphatic heterocycles. The highest BCUT2D eigenvalue weighted by Crippen LogP contribution is 2.34. The third-order valence-corrected chi connectivity index (χ3v) is 5.06. The van der Waals surface area contributed by atoms with Gasteiger partial charge >= 0.3 is 11.9 Å². The summed E-state index contributed by atoms with van der Waals surface area (Å²) >= 11 is 0. The van der Waals surface area contributed by atoms with Gasteiger partial charge in [0, 0.05) is 42.8 Å². The SMILES string of the molecule is C[C@@H]1C[C@H](C)CN([C@@H](C(=O)O)c2cn(C)c3ccc(C(=O)O)cc23)C1. The topological polar surface area (TPSA) is 82.8 Å². The molecule has 0 radical (unpaired) electrons. The number of carbonyl (C=O) groups is 2. The number of rotatable bonds is 4. The Labute approximate surface area is 146 Å². The summed E-state index contributed by atoms with van der Waals surface area (Å²) in [7, 11) is 1.85. The Morgan fingerprint density at radius 2 is 1.80 bits per heavy atom. The number of carboxylic acid groups (broad SMARTS) is 2. The van der Waals surface area contributed by atoms with Gasteiger partial charge in [-0.2, -0.15) is 0 Å². The third kappa shape index (κ3) is 3.26. The molecule has 0 amide bonds. The lowest BCUT2D eigenvalue weighted by molar-refractivity contribution is -0.144. The molecule has 3 atom stereocenters. The van der Waals surface area contributed by atoms with E-state index in [-0.39, 0.29) is 5.56 Å². The monoisotopic (exact) mass is 344 g/mol. The van der Waals surface area contributed by atoms with Crippen LogP contribution < -0.4 is 0 Å². The molecule has 1 aromatic carbocycles. The van der Waals surface area contributed by atoms with Crippen molar-refractivity contribution in [2.75, 3.05) is 13.1 Å². The number of fused-ring (bicyclic) bond motifs is 1. The maximum absolute atomic E-state index is 12.1. The van der Waals surface area contributed by atoms with Gasteiger partial charge in [0.1, 0.15) is 6.04 Å². The van der Waals surface area contributed by atoms with Gasteiger partial charge in [0.05, 0.1) is 5.56 Å². The first kappa shape index (κ1) is 17.5. The largest absolute Gasteiger partial charge is 0.480 e. The second-order valence-corrected chi connectivity index (χ2v) is 7.37. The molecule has 1 saturated heterocycles. The number of hydrogen-bond donors (Lipinski definition) is 2. The van der Waals surface area contributed by atoms with Crippen molar-refractivity contribution < 1.29 is 19.8 Å². The molecule has 0 bridgehead atoms. The van der Waals surface area contributed by atoms with Crippen molar-refractivity contribution in [2.45, 2.75) is 26.3 Å². The second kappa shape index (κ2) is 6.52. The van der Waals surface area contributed by atoms with Crippen LogP contribution in [0.25, 0.3) is 10.9 Å². The number of hydrogen-bond acceptors (Lipinski definition) is 3. The quantitative estimate of drug-likeness (QED) is 0.891. The smallest absolute Gasteiger partial charge is 0.335 e. The Morgan fingerprint density at radius 1 is 1.16 bits per heavy atom. The molecule has 1 aromatic heterocycles. The summed E-state index contributed by atoms with van der Waals surface area (Å²) in [6, 6.07) is 4.11. The van der Waals surface area contributed by atoms with Crippen LogP contribution in [-0.4, -0.2) is 44.7 Å². The van der Waals surface area contributed by atoms with E-state index in [9.17, 15) is 19.8 Å². The van der Waals surface area contributed by atoms with Gasteiger partial charge in [0.25, 0.3) is 0 Å². The molecule has 6 nitrogen and oxygen atoms in total. The lowest BCUT2D eigenvalue weighted by Gasteiger charge is -2.38. The number of aromatic carboxylic acids is 1. The molecule has 0 aliphatic carbocycles. The highest BCUT2D eigenvalue weighted by atomic mass is 16.4. The molecule has 2 aromatic rings. The van der Waals surface area contributed by atoms with Crippen molar-refractivity contribution >= 4 is 22.8 Å². The van der Waals surface area contributed by atoms with Crippen LogP contribution in [0.1, 0.15) is 42.2 Å². The van der Waals surface area contributed by atoms with E-state index in [1.807, 2.05) is 22.7 Å². The van der Waals surface area contributed by atoms with Gasteiger partial charge in [-0.25, -0.2) is 4.79 Å². The highest BCUT2D eigenvalue weighted by molar-refractivity contribution is 5.96. The molecule has 25 heavy (non-hydrogen) atoms. The van der Waals surface area contributed by atoms with E-state index in [0.717, 1.165) is 25.0 Å². The summed E-state index contributed by atoms with van der Waals surface area (Å²) in [5.41, 5.74) is 1.67. The van der Waals surface area contributed by atoms with Crippen LogP contribution in [0.3, 0.4) is 0 Å². The molecule has 3 rings (SSSR count). The first-order chi connectivity index (χ1) is 11.8. The van der Waals surface area contributed by atoms with E-state index in [2.05, 4.69) is 13.8 Å². The summed E-state index contributed by atoms with van der Waals surface area (Å²) in [6.45, 7) is 5.76. The van der Waals surface area contributed by atoms with Crippen LogP contribution in [0, 0.1) is 11.8 Å².